The molecule has 5 aliphatic rings. The van der Waals surface area contributed by atoms with Crippen molar-refractivity contribution in [2.75, 3.05) is 19.6 Å². The molecule has 1 saturated carbocycles. The molecule has 0 amide bonds. The average Bonchev–Trinajstić information content (AvgIpc) is 1.55. The Bertz CT molecular complexity index is 4340. The number of rotatable bonds is 8. The predicted molar refractivity (Wildman–Crippen MR) is 412 cm³/mol. The standard InChI is InChI=1S/C90H105BN4/c1-82(2,3)59-29-37-64(38-30-59)92(65-39-31-60(32-40-65)83(4,5)6)68-45-46-74-77(53-68)94(76-57-72-71(87(16,17)49-50-88(72,18)19)56-70(76)58-27-23-22-24-28-58)78-54-69(93(66-41-33-61(34-42-66)84(7,8)9)67-43-35-62(36-44-67)85(10,11)12)55-79-80(78)91(74)75-52-63(86(13,14)15)51-73-81(75)95(79)90(21)48-26-25-47-89(73,90)20/h22-24,27-46,51-57H,25-26,47-50H2,1-21H3. The van der Waals surface area contributed by atoms with Gasteiger partial charge in [0.1, 0.15) is 0 Å². The molecule has 0 saturated heterocycles. The van der Waals surface area contributed by atoms with Crippen LogP contribution in [-0.4, -0.2) is 12.3 Å². The van der Waals surface area contributed by atoms with Crippen molar-refractivity contribution < 1.29 is 0 Å². The molecule has 5 heteroatoms. The molecule has 2 unspecified atom stereocenters. The van der Waals surface area contributed by atoms with E-state index in [9.17, 15) is 0 Å². The van der Waals surface area contributed by atoms with Gasteiger partial charge in [0.25, 0.3) is 6.71 Å². The molecule has 0 radical (unpaired) electrons. The molecule has 4 nitrogen and oxygen atoms in total. The van der Waals surface area contributed by atoms with Gasteiger partial charge >= 0.3 is 0 Å². The maximum atomic E-state index is 2.95. The summed E-state index contributed by atoms with van der Waals surface area (Å²) < 4.78 is 0. The van der Waals surface area contributed by atoms with E-state index >= 15 is 0 Å². The molecule has 3 heterocycles. The largest absolute Gasteiger partial charge is 0.335 e. The van der Waals surface area contributed by atoms with Crippen LogP contribution in [0.25, 0.3) is 11.1 Å². The molecule has 9 aromatic carbocycles. The van der Waals surface area contributed by atoms with Crippen molar-refractivity contribution >= 4 is 85.7 Å². The van der Waals surface area contributed by atoms with E-state index in [-0.39, 0.29) is 55.6 Å². The van der Waals surface area contributed by atoms with E-state index in [4.69, 9.17) is 0 Å². The Balaban J connectivity index is 1.15. The first-order valence-electron chi connectivity index (χ1n) is 35.9. The van der Waals surface area contributed by atoms with Crippen LogP contribution in [0.4, 0.5) is 62.6 Å². The number of fused-ring (bicyclic) bond motifs is 8. The molecule has 2 aliphatic carbocycles. The summed E-state index contributed by atoms with van der Waals surface area (Å²) in [6.07, 6.45) is 6.92. The van der Waals surface area contributed by atoms with E-state index in [1.165, 1.54) is 113 Å². The molecular weight excluding hydrogens is 1150 g/mol. The number of hydrogen-bond donors (Lipinski definition) is 0. The SMILES string of the molecule is CC(C)(C)c1ccc(N(c2ccc(C(C)(C)C)cc2)c2ccc3c(c2)N(c2cc4c(cc2-c2ccccc2)C(C)(C)CCC4(C)C)c2cc(N(c4ccc(C(C)(C)C)cc4)c4ccc(C(C)(C)C)cc4)cc4c2B3c2cc(C(C)(C)C)cc3c2N4C2(C)CCCCC32C)cc1. The van der Waals surface area contributed by atoms with Crippen molar-refractivity contribution in [2.45, 2.75) is 233 Å². The van der Waals surface area contributed by atoms with Gasteiger partial charge in [0.2, 0.25) is 0 Å². The zero-order valence-corrected chi connectivity index (χ0v) is 61.4. The van der Waals surface area contributed by atoms with Crippen molar-refractivity contribution in [1.82, 2.24) is 0 Å². The lowest BCUT2D eigenvalue weighted by atomic mass is 9.33. The maximum Gasteiger partial charge on any atom is 0.252 e. The van der Waals surface area contributed by atoms with Gasteiger partial charge in [-0.25, -0.2) is 0 Å². The molecule has 0 bridgehead atoms. The summed E-state index contributed by atoms with van der Waals surface area (Å²) in [4.78, 5) is 10.9. The van der Waals surface area contributed by atoms with E-state index in [1.54, 1.807) is 0 Å². The summed E-state index contributed by atoms with van der Waals surface area (Å²) in [6.45, 7) is 50.4. The van der Waals surface area contributed by atoms with Crippen LogP contribution < -0.4 is 36.0 Å². The quantitative estimate of drug-likeness (QED) is 0.141. The Labute approximate surface area is 572 Å². The first kappa shape index (κ1) is 64.6. The van der Waals surface area contributed by atoms with Crippen LogP contribution in [0, 0.1) is 0 Å². The first-order chi connectivity index (χ1) is 44.5. The third kappa shape index (κ3) is 10.6. The van der Waals surface area contributed by atoms with Gasteiger partial charge in [-0.15, -0.1) is 0 Å². The Kier molecular flexibility index (Phi) is 14.9. The van der Waals surface area contributed by atoms with Crippen LogP contribution in [0.5, 0.6) is 0 Å². The van der Waals surface area contributed by atoms with Gasteiger partial charge in [0.15, 0.2) is 0 Å². The molecule has 9 aromatic rings. The van der Waals surface area contributed by atoms with E-state index < -0.39 is 0 Å². The molecule has 488 valence electrons. The Morgan fingerprint density at radius 3 is 1.24 bits per heavy atom. The zero-order valence-electron chi connectivity index (χ0n) is 61.4. The minimum Gasteiger partial charge on any atom is -0.335 e. The van der Waals surface area contributed by atoms with Gasteiger partial charge in [-0.3, -0.25) is 0 Å². The van der Waals surface area contributed by atoms with Crippen LogP contribution in [0.3, 0.4) is 0 Å². The topological polar surface area (TPSA) is 13.0 Å². The highest BCUT2D eigenvalue weighted by molar-refractivity contribution is 7.00. The van der Waals surface area contributed by atoms with Gasteiger partial charge in [-0.1, -0.05) is 248 Å². The second kappa shape index (κ2) is 21.9. The van der Waals surface area contributed by atoms with Gasteiger partial charge in [-0.05, 0) is 222 Å². The van der Waals surface area contributed by atoms with Gasteiger partial charge in [-0.2, -0.15) is 0 Å². The molecule has 0 spiro atoms. The Hall–Kier alpha value is -7.76. The van der Waals surface area contributed by atoms with Crippen LogP contribution in [0.1, 0.15) is 228 Å². The summed E-state index contributed by atoms with van der Waals surface area (Å²) in [5, 5.41) is 0. The molecule has 1 fully saturated rings. The Morgan fingerprint density at radius 2 is 0.768 bits per heavy atom. The lowest BCUT2D eigenvalue weighted by molar-refractivity contribution is 0.195. The molecule has 14 rings (SSSR count). The van der Waals surface area contributed by atoms with Crippen molar-refractivity contribution in [3.63, 3.8) is 0 Å². The van der Waals surface area contributed by atoms with Crippen LogP contribution in [0.2, 0.25) is 0 Å². The van der Waals surface area contributed by atoms with E-state index in [2.05, 4.69) is 347 Å². The fourth-order valence-electron chi connectivity index (χ4n) is 17.2. The molecule has 3 aliphatic heterocycles. The second-order valence-corrected chi connectivity index (χ2v) is 36.2. The molecule has 0 aromatic heterocycles. The third-order valence-electron chi connectivity index (χ3n) is 23.6. The number of nitrogens with zero attached hydrogens (tertiary/aromatic N) is 4. The highest BCUT2D eigenvalue weighted by atomic mass is 15.3. The minimum absolute atomic E-state index is 0.00173. The highest BCUT2D eigenvalue weighted by Crippen LogP contribution is 2.64. The van der Waals surface area contributed by atoms with E-state index in [0.29, 0.717) is 0 Å². The van der Waals surface area contributed by atoms with Gasteiger partial charge in [0, 0.05) is 62.2 Å². The van der Waals surface area contributed by atoms with Crippen LogP contribution in [0.15, 0.2) is 182 Å². The van der Waals surface area contributed by atoms with Crippen LogP contribution in [-0.2, 0) is 43.3 Å². The summed E-state index contributed by atoms with van der Waals surface area (Å²) in [5.41, 5.74) is 30.5. The van der Waals surface area contributed by atoms with Gasteiger partial charge < -0.3 is 19.6 Å². The third-order valence-corrected chi connectivity index (χ3v) is 23.6. The monoisotopic (exact) mass is 1250 g/mol. The van der Waals surface area contributed by atoms with Crippen molar-refractivity contribution in [3.8, 4) is 11.1 Å². The lowest BCUT2D eigenvalue weighted by Crippen LogP contribution is -2.64. The first-order valence-corrected chi connectivity index (χ1v) is 35.9. The summed E-state index contributed by atoms with van der Waals surface area (Å²) in [5.74, 6) is 0. The molecule has 95 heavy (non-hydrogen) atoms. The van der Waals surface area contributed by atoms with Crippen molar-refractivity contribution in [2.24, 2.45) is 0 Å². The fourth-order valence-corrected chi connectivity index (χ4v) is 17.2. The lowest BCUT2D eigenvalue weighted by Gasteiger charge is -2.53. The fraction of sp³-hybridized carbons (Fsp3) is 0.400. The molecule has 0 N–H and O–H groups in total. The normalized spacial score (nSPS) is 19.4. The number of anilines is 11. The molecule has 2 atom stereocenters. The maximum absolute atomic E-state index is 2.95. The molecular formula is C90H105BN4. The van der Waals surface area contributed by atoms with E-state index in [0.717, 1.165) is 59.8 Å². The van der Waals surface area contributed by atoms with Crippen molar-refractivity contribution in [1.29, 1.82) is 0 Å². The summed E-state index contributed by atoms with van der Waals surface area (Å²) in [6, 6.07) is 72.9. The average molecular weight is 1250 g/mol. The predicted octanol–water partition coefficient (Wildman–Crippen LogP) is 23.5. The number of hydrogen-bond acceptors (Lipinski definition) is 4. The second-order valence-electron chi connectivity index (χ2n) is 36.2. The Morgan fingerprint density at radius 1 is 0.347 bits per heavy atom. The highest BCUT2D eigenvalue weighted by Gasteiger charge is 2.62. The van der Waals surface area contributed by atoms with Crippen molar-refractivity contribution in [3.05, 3.63) is 226 Å². The smallest absolute Gasteiger partial charge is 0.252 e. The van der Waals surface area contributed by atoms with Gasteiger partial charge in [0.05, 0.1) is 16.9 Å². The zero-order chi connectivity index (χ0) is 67.7. The van der Waals surface area contributed by atoms with E-state index in [1.807, 2.05) is 0 Å². The summed E-state index contributed by atoms with van der Waals surface area (Å²) >= 11 is 0. The summed E-state index contributed by atoms with van der Waals surface area (Å²) in [7, 11) is 0. The number of benzene rings is 9. The van der Waals surface area contributed by atoms with Crippen LogP contribution >= 0.6 is 0 Å². The minimum atomic E-state index is -0.207.